The van der Waals surface area contributed by atoms with Crippen LogP contribution in [0, 0.1) is 25.2 Å². The second kappa shape index (κ2) is 7.42. The van der Waals surface area contributed by atoms with E-state index in [0.29, 0.717) is 12.8 Å². The largest absolute Gasteiger partial charge is 0.326 e. The van der Waals surface area contributed by atoms with Crippen LogP contribution >= 0.6 is 0 Å². The lowest BCUT2D eigenvalue weighted by Gasteiger charge is -2.08. The fraction of sp³-hybridized carbons (Fsp3) is 0.263. The molecule has 0 unspecified atom stereocenters. The summed E-state index contributed by atoms with van der Waals surface area (Å²) < 4.78 is 0. The molecule has 1 N–H and O–H groups in total. The molecule has 0 aromatic heterocycles. The molecule has 112 valence electrons. The first-order valence-electron chi connectivity index (χ1n) is 7.40. The Morgan fingerprint density at radius 3 is 2.50 bits per heavy atom. The Balaban J connectivity index is 1.89. The molecule has 2 aromatic rings. The first-order valence-corrected chi connectivity index (χ1v) is 7.40. The molecule has 0 aliphatic heterocycles. The maximum absolute atomic E-state index is 12.0. The molecule has 0 bridgehead atoms. The molecule has 3 nitrogen and oxygen atoms in total. The number of anilines is 1. The number of amides is 1. The monoisotopic (exact) mass is 292 g/mol. The minimum absolute atomic E-state index is 0.00741. The zero-order valence-corrected chi connectivity index (χ0v) is 13.0. The van der Waals surface area contributed by atoms with Gasteiger partial charge in [-0.05, 0) is 49.1 Å². The lowest BCUT2D eigenvalue weighted by atomic mass is 10.0. The minimum Gasteiger partial charge on any atom is -0.326 e. The Morgan fingerprint density at radius 2 is 1.86 bits per heavy atom. The number of hydrogen-bond donors (Lipinski definition) is 1. The molecule has 0 heterocycles. The smallest absolute Gasteiger partial charge is 0.224 e. The lowest BCUT2D eigenvalue weighted by Crippen LogP contribution is -2.12. The number of carbonyl (C=O) groups is 1. The number of rotatable bonds is 5. The van der Waals surface area contributed by atoms with E-state index in [-0.39, 0.29) is 5.91 Å². The van der Waals surface area contributed by atoms with Crippen molar-refractivity contribution in [1.29, 1.82) is 5.26 Å². The van der Waals surface area contributed by atoms with E-state index in [2.05, 4.69) is 43.4 Å². The van der Waals surface area contributed by atoms with Gasteiger partial charge in [0.1, 0.15) is 0 Å². The lowest BCUT2D eigenvalue weighted by molar-refractivity contribution is -0.116. The second-order valence-corrected chi connectivity index (χ2v) is 5.51. The van der Waals surface area contributed by atoms with E-state index in [1.165, 1.54) is 16.7 Å². The van der Waals surface area contributed by atoms with Crippen LogP contribution in [0.15, 0.2) is 42.5 Å². The van der Waals surface area contributed by atoms with Gasteiger partial charge in [0.15, 0.2) is 0 Å². The molecule has 22 heavy (non-hydrogen) atoms. The van der Waals surface area contributed by atoms with Crippen molar-refractivity contribution in [2.75, 3.05) is 5.32 Å². The summed E-state index contributed by atoms with van der Waals surface area (Å²) in [6.07, 6.45) is 1.59. The van der Waals surface area contributed by atoms with E-state index in [9.17, 15) is 4.79 Å². The van der Waals surface area contributed by atoms with Gasteiger partial charge in [0, 0.05) is 12.1 Å². The molecule has 0 atom stereocenters. The molecule has 2 aromatic carbocycles. The van der Waals surface area contributed by atoms with Crippen molar-refractivity contribution in [3.05, 3.63) is 64.7 Å². The van der Waals surface area contributed by atoms with Crippen molar-refractivity contribution < 1.29 is 4.79 Å². The SMILES string of the molecule is Cc1ccc(CCC(=O)Nc2ccc(CC#N)cc2)c(C)c1. The van der Waals surface area contributed by atoms with Crippen LogP contribution in [0.4, 0.5) is 5.69 Å². The van der Waals surface area contributed by atoms with E-state index in [1.54, 1.807) is 0 Å². The Hall–Kier alpha value is -2.60. The maximum atomic E-state index is 12.0. The molecular formula is C19H20N2O. The molecule has 0 spiro atoms. The molecule has 0 fully saturated rings. The van der Waals surface area contributed by atoms with Crippen molar-refractivity contribution in [3.8, 4) is 6.07 Å². The number of hydrogen-bond acceptors (Lipinski definition) is 2. The van der Waals surface area contributed by atoms with Gasteiger partial charge >= 0.3 is 0 Å². The topological polar surface area (TPSA) is 52.9 Å². The predicted octanol–water partition coefficient (Wildman–Crippen LogP) is 3.94. The molecule has 3 heteroatoms. The van der Waals surface area contributed by atoms with Gasteiger partial charge in [-0.25, -0.2) is 0 Å². The van der Waals surface area contributed by atoms with Crippen molar-refractivity contribution in [3.63, 3.8) is 0 Å². The Morgan fingerprint density at radius 1 is 1.14 bits per heavy atom. The summed E-state index contributed by atoms with van der Waals surface area (Å²) in [6.45, 7) is 4.15. The van der Waals surface area contributed by atoms with Crippen molar-refractivity contribution >= 4 is 11.6 Å². The first-order chi connectivity index (χ1) is 10.6. The van der Waals surface area contributed by atoms with Crippen LogP contribution in [0.1, 0.15) is 28.7 Å². The van der Waals surface area contributed by atoms with E-state index in [1.807, 2.05) is 24.3 Å². The number of aryl methyl sites for hydroxylation is 3. The van der Waals surface area contributed by atoms with Crippen LogP contribution in [0.5, 0.6) is 0 Å². The Bertz CT molecular complexity index is 696. The number of nitrogens with zero attached hydrogens (tertiary/aromatic N) is 1. The highest BCUT2D eigenvalue weighted by Gasteiger charge is 2.05. The summed E-state index contributed by atoms with van der Waals surface area (Å²) in [5, 5.41) is 11.5. The summed E-state index contributed by atoms with van der Waals surface area (Å²) in [7, 11) is 0. The van der Waals surface area contributed by atoms with Gasteiger partial charge < -0.3 is 5.32 Å². The van der Waals surface area contributed by atoms with Crippen LogP contribution in [0.3, 0.4) is 0 Å². The van der Waals surface area contributed by atoms with Gasteiger partial charge in [0.25, 0.3) is 0 Å². The van der Waals surface area contributed by atoms with Crippen LogP contribution in [-0.2, 0) is 17.6 Å². The molecule has 0 radical (unpaired) electrons. The van der Waals surface area contributed by atoms with Crippen LogP contribution in [0.2, 0.25) is 0 Å². The Kier molecular flexibility index (Phi) is 5.32. The average molecular weight is 292 g/mol. The Labute approximate surface area is 131 Å². The third kappa shape index (κ3) is 4.46. The van der Waals surface area contributed by atoms with Gasteiger partial charge in [-0.2, -0.15) is 5.26 Å². The third-order valence-electron chi connectivity index (χ3n) is 3.64. The molecule has 0 saturated carbocycles. The number of benzene rings is 2. The predicted molar refractivity (Wildman–Crippen MR) is 88.6 cm³/mol. The van der Waals surface area contributed by atoms with Gasteiger partial charge in [-0.15, -0.1) is 0 Å². The fourth-order valence-corrected chi connectivity index (χ4v) is 2.40. The van der Waals surface area contributed by atoms with Gasteiger partial charge in [-0.3, -0.25) is 4.79 Å². The molecule has 0 aliphatic rings. The van der Waals surface area contributed by atoms with Gasteiger partial charge in [-0.1, -0.05) is 35.9 Å². The third-order valence-corrected chi connectivity index (χ3v) is 3.64. The summed E-state index contributed by atoms with van der Waals surface area (Å²) in [6, 6.07) is 15.8. The van der Waals surface area contributed by atoms with E-state index in [4.69, 9.17) is 5.26 Å². The normalized spacial score (nSPS) is 10.0. The average Bonchev–Trinajstić information content (AvgIpc) is 2.49. The van der Waals surface area contributed by atoms with Crippen molar-refractivity contribution in [2.24, 2.45) is 0 Å². The fourth-order valence-electron chi connectivity index (χ4n) is 2.40. The highest BCUT2D eigenvalue weighted by atomic mass is 16.1. The number of carbonyl (C=O) groups excluding carboxylic acids is 1. The molecule has 2 rings (SSSR count). The maximum Gasteiger partial charge on any atom is 0.224 e. The van der Waals surface area contributed by atoms with E-state index < -0.39 is 0 Å². The zero-order valence-electron chi connectivity index (χ0n) is 13.0. The molecule has 0 saturated heterocycles. The summed E-state index contributed by atoms with van der Waals surface area (Å²) in [5.41, 5.74) is 5.41. The minimum atomic E-state index is 0.00741. The second-order valence-electron chi connectivity index (χ2n) is 5.51. The molecular weight excluding hydrogens is 272 g/mol. The van der Waals surface area contributed by atoms with Crippen LogP contribution in [-0.4, -0.2) is 5.91 Å². The summed E-state index contributed by atoms with van der Waals surface area (Å²) in [5.74, 6) is 0.00741. The van der Waals surface area contributed by atoms with Gasteiger partial charge in [0.05, 0.1) is 12.5 Å². The molecule has 1 amide bonds. The summed E-state index contributed by atoms with van der Waals surface area (Å²) in [4.78, 5) is 12.0. The highest BCUT2D eigenvalue weighted by Crippen LogP contribution is 2.14. The molecule has 0 aliphatic carbocycles. The van der Waals surface area contributed by atoms with Gasteiger partial charge in [0.2, 0.25) is 5.91 Å². The standard InChI is InChI=1S/C19H20N2O/c1-14-3-6-17(15(2)13-14)7-10-19(22)21-18-8-4-16(5-9-18)11-12-20/h3-6,8-9,13H,7,10-11H2,1-2H3,(H,21,22). The number of nitriles is 1. The highest BCUT2D eigenvalue weighted by molar-refractivity contribution is 5.90. The van der Waals surface area contributed by atoms with Crippen LogP contribution in [0.25, 0.3) is 0 Å². The quantitative estimate of drug-likeness (QED) is 0.907. The van der Waals surface area contributed by atoms with Crippen molar-refractivity contribution in [1.82, 2.24) is 0 Å². The summed E-state index contributed by atoms with van der Waals surface area (Å²) >= 11 is 0. The van der Waals surface area contributed by atoms with E-state index in [0.717, 1.165) is 17.7 Å². The van der Waals surface area contributed by atoms with Crippen molar-refractivity contribution in [2.45, 2.75) is 33.1 Å². The van der Waals surface area contributed by atoms with Crippen LogP contribution < -0.4 is 5.32 Å². The van der Waals surface area contributed by atoms with E-state index >= 15 is 0 Å². The zero-order chi connectivity index (χ0) is 15.9. The number of nitrogens with one attached hydrogen (secondary N) is 1. The first kappa shape index (κ1) is 15.8.